The Balaban J connectivity index is 3.65. The Labute approximate surface area is 92.6 Å². The van der Waals surface area contributed by atoms with Crippen molar-refractivity contribution < 1.29 is 9.47 Å². The van der Waals surface area contributed by atoms with E-state index in [4.69, 9.17) is 14.7 Å². The second kappa shape index (κ2) is 7.63. The fraction of sp³-hybridized carbons (Fsp3) is 0.909. The molecule has 0 aliphatic rings. The quantitative estimate of drug-likeness (QED) is 0.662. The first-order valence-corrected chi connectivity index (χ1v) is 5.37. The summed E-state index contributed by atoms with van der Waals surface area (Å²) in [4.78, 5) is 0. The predicted octanol–water partition coefficient (Wildman–Crippen LogP) is 1.32. The molecule has 0 aromatic rings. The van der Waals surface area contributed by atoms with Gasteiger partial charge in [-0.2, -0.15) is 5.26 Å². The Morgan fingerprint density at radius 3 is 2.67 bits per heavy atom. The number of hydrogen-bond acceptors (Lipinski definition) is 4. The van der Waals surface area contributed by atoms with Crippen LogP contribution in [0.1, 0.15) is 27.2 Å². The lowest BCUT2D eigenvalue weighted by molar-refractivity contribution is -0.00771. The molecular formula is C11H22N2O2. The van der Waals surface area contributed by atoms with E-state index in [1.54, 1.807) is 7.05 Å². The van der Waals surface area contributed by atoms with Gasteiger partial charge in [-0.3, -0.25) is 0 Å². The number of hydrogen-bond donors (Lipinski definition) is 1. The van der Waals surface area contributed by atoms with Gasteiger partial charge in [-0.05, 0) is 27.8 Å². The van der Waals surface area contributed by atoms with Gasteiger partial charge in [0.05, 0.1) is 18.8 Å². The van der Waals surface area contributed by atoms with Gasteiger partial charge in [0.15, 0.2) is 0 Å². The molecule has 0 heterocycles. The SMILES string of the molecule is CCOCC(C)OCCC(C)(C#N)NC. The Morgan fingerprint density at radius 2 is 2.20 bits per heavy atom. The highest BCUT2D eigenvalue weighted by Gasteiger charge is 2.20. The van der Waals surface area contributed by atoms with Crippen LogP contribution in [0.4, 0.5) is 0 Å². The van der Waals surface area contributed by atoms with Gasteiger partial charge in [0, 0.05) is 19.6 Å². The molecule has 0 aromatic carbocycles. The van der Waals surface area contributed by atoms with Crippen molar-refractivity contribution in [2.45, 2.75) is 38.8 Å². The normalized spacial score (nSPS) is 16.7. The van der Waals surface area contributed by atoms with Gasteiger partial charge < -0.3 is 14.8 Å². The van der Waals surface area contributed by atoms with Crippen molar-refractivity contribution in [2.24, 2.45) is 0 Å². The van der Waals surface area contributed by atoms with Crippen molar-refractivity contribution in [3.8, 4) is 6.07 Å². The van der Waals surface area contributed by atoms with Crippen molar-refractivity contribution in [3.05, 3.63) is 0 Å². The minimum Gasteiger partial charge on any atom is -0.379 e. The third-order valence-electron chi connectivity index (χ3n) is 2.36. The van der Waals surface area contributed by atoms with E-state index >= 15 is 0 Å². The third-order valence-corrected chi connectivity index (χ3v) is 2.36. The molecule has 0 radical (unpaired) electrons. The van der Waals surface area contributed by atoms with Gasteiger partial charge in [-0.15, -0.1) is 0 Å². The molecule has 0 amide bonds. The van der Waals surface area contributed by atoms with Crippen molar-refractivity contribution >= 4 is 0 Å². The molecule has 0 rings (SSSR count). The van der Waals surface area contributed by atoms with Crippen LogP contribution in [0.3, 0.4) is 0 Å². The molecule has 0 aromatic heterocycles. The lowest BCUT2D eigenvalue weighted by atomic mass is 10.0. The van der Waals surface area contributed by atoms with E-state index in [9.17, 15) is 0 Å². The maximum Gasteiger partial charge on any atom is 0.105 e. The van der Waals surface area contributed by atoms with Crippen LogP contribution in [0, 0.1) is 11.3 Å². The molecule has 1 N–H and O–H groups in total. The number of rotatable bonds is 8. The van der Waals surface area contributed by atoms with Crippen LogP contribution < -0.4 is 5.32 Å². The highest BCUT2D eigenvalue weighted by molar-refractivity contribution is 5.02. The van der Waals surface area contributed by atoms with Crippen molar-refractivity contribution in [2.75, 3.05) is 26.9 Å². The van der Waals surface area contributed by atoms with Crippen LogP contribution in [-0.2, 0) is 9.47 Å². The zero-order valence-corrected chi connectivity index (χ0v) is 10.2. The molecule has 2 unspecified atom stereocenters. The predicted molar refractivity (Wildman–Crippen MR) is 59.6 cm³/mol. The highest BCUT2D eigenvalue weighted by Crippen LogP contribution is 2.08. The molecule has 2 atom stereocenters. The lowest BCUT2D eigenvalue weighted by Crippen LogP contribution is -2.39. The molecule has 15 heavy (non-hydrogen) atoms. The van der Waals surface area contributed by atoms with Gasteiger partial charge in [0.25, 0.3) is 0 Å². The minimum absolute atomic E-state index is 0.0877. The molecule has 0 saturated heterocycles. The van der Waals surface area contributed by atoms with Crippen molar-refractivity contribution in [3.63, 3.8) is 0 Å². The van der Waals surface area contributed by atoms with Crippen LogP contribution in [0.5, 0.6) is 0 Å². The van der Waals surface area contributed by atoms with E-state index in [-0.39, 0.29) is 6.10 Å². The molecule has 0 spiro atoms. The van der Waals surface area contributed by atoms with Crippen LogP contribution in [0.25, 0.3) is 0 Å². The van der Waals surface area contributed by atoms with Crippen LogP contribution >= 0.6 is 0 Å². The average molecular weight is 214 g/mol. The monoisotopic (exact) mass is 214 g/mol. The lowest BCUT2D eigenvalue weighted by Gasteiger charge is -2.21. The van der Waals surface area contributed by atoms with Gasteiger partial charge in [0.2, 0.25) is 0 Å². The zero-order chi connectivity index (χ0) is 11.7. The van der Waals surface area contributed by atoms with Gasteiger partial charge >= 0.3 is 0 Å². The molecule has 0 saturated carbocycles. The largest absolute Gasteiger partial charge is 0.379 e. The molecule has 0 aliphatic carbocycles. The topological polar surface area (TPSA) is 54.3 Å². The van der Waals surface area contributed by atoms with Gasteiger partial charge in [0.1, 0.15) is 5.54 Å². The van der Waals surface area contributed by atoms with Crippen molar-refractivity contribution in [1.29, 1.82) is 5.26 Å². The summed E-state index contributed by atoms with van der Waals surface area (Å²) in [5.41, 5.74) is -0.495. The van der Waals surface area contributed by atoms with Crippen LogP contribution in [0.15, 0.2) is 0 Å². The molecular weight excluding hydrogens is 192 g/mol. The summed E-state index contributed by atoms with van der Waals surface area (Å²) in [6.45, 7) is 7.68. The molecule has 4 heteroatoms. The Kier molecular flexibility index (Phi) is 7.31. The highest BCUT2D eigenvalue weighted by atomic mass is 16.5. The number of ether oxygens (including phenoxy) is 2. The zero-order valence-electron chi connectivity index (χ0n) is 10.2. The van der Waals surface area contributed by atoms with Crippen molar-refractivity contribution in [1.82, 2.24) is 5.32 Å². The smallest absolute Gasteiger partial charge is 0.105 e. The Morgan fingerprint density at radius 1 is 1.53 bits per heavy atom. The Bertz CT molecular complexity index is 203. The maximum atomic E-state index is 8.90. The van der Waals surface area contributed by atoms with Gasteiger partial charge in [-0.1, -0.05) is 0 Å². The summed E-state index contributed by atoms with van der Waals surface area (Å²) in [6, 6.07) is 2.22. The fourth-order valence-electron chi connectivity index (χ4n) is 1.03. The number of nitrogens with zero attached hydrogens (tertiary/aromatic N) is 1. The van der Waals surface area contributed by atoms with E-state index in [0.29, 0.717) is 26.2 Å². The average Bonchev–Trinajstić information content (AvgIpc) is 2.26. The van der Waals surface area contributed by atoms with E-state index in [1.807, 2.05) is 20.8 Å². The summed E-state index contributed by atoms with van der Waals surface area (Å²) < 4.78 is 10.8. The summed E-state index contributed by atoms with van der Waals surface area (Å²) in [5, 5.41) is 11.9. The first kappa shape index (κ1) is 14.4. The molecule has 4 nitrogen and oxygen atoms in total. The number of nitriles is 1. The molecule has 0 aliphatic heterocycles. The van der Waals surface area contributed by atoms with Crippen LogP contribution in [0.2, 0.25) is 0 Å². The number of nitrogens with one attached hydrogen (secondary N) is 1. The first-order valence-electron chi connectivity index (χ1n) is 5.37. The second-order valence-corrected chi connectivity index (χ2v) is 3.78. The maximum absolute atomic E-state index is 8.90. The summed E-state index contributed by atoms with van der Waals surface area (Å²) in [6.07, 6.45) is 0.765. The second-order valence-electron chi connectivity index (χ2n) is 3.78. The standard InChI is InChI=1S/C11H22N2O2/c1-5-14-8-10(2)15-7-6-11(3,9-12)13-4/h10,13H,5-8H2,1-4H3. The summed E-state index contributed by atoms with van der Waals surface area (Å²) in [5.74, 6) is 0. The summed E-state index contributed by atoms with van der Waals surface area (Å²) in [7, 11) is 1.78. The van der Waals surface area contributed by atoms with E-state index < -0.39 is 5.54 Å². The molecule has 0 fully saturated rings. The van der Waals surface area contributed by atoms with E-state index in [1.165, 1.54) is 0 Å². The minimum atomic E-state index is -0.495. The van der Waals surface area contributed by atoms with E-state index in [0.717, 1.165) is 0 Å². The molecule has 88 valence electrons. The third kappa shape index (κ3) is 6.45. The first-order chi connectivity index (χ1) is 7.08. The van der Waals surface area contributed by atoms with Gasteiger partial charge in [-0.25, -0.2) is 0 Å². The van der Waals surface area contributed by atoms with E-state index in [2.05, 4.69) is 11.4 Å². The fourth-order valence-corrected chi connectivity index (χ4v) is 1.03. The summed E-state index contributed by atoms with van der Waals surface area (Å²) >= 11 is 0. The van der Waals surface area contributed by atoms with Crippen LogP contribution in [-0.4, -0.2) is 38.5 Å². The molecule has 0 bridgehead atoms. The Hall–Kier alpha value is -0.630.